The van der Waals surface area contributed by atoms with Crippen LogP contribution in [-0.4, -0.2) is 37.2 Å². The van der Waals surface area contributed by atoms with Crippen LogP contribution in [0.4, 0.5) is 0 Å². The minimum absolute atomic E-state index is 0.0807. The zero-order valence-electron chi connectivity index (χ0n) is 47.6. The van der Waals surface area contributed by atoms with Crippen LogP contribution in [-0.2, 0) is 28.6 Å². The number of unbranched alkanes of at least 4 members (excludes halogenated alkanes) is 26. The maximum atomic E-state index is 12.8. The second kappa shape index (κ2) is 60.6. The molecule has 0 bridgehead atoms. The van der Waals surface area contributed by atoms with Gasteiger partial charge in [0.05, 0.1) is 6.42 Å². The van der Waals surface area contributed by atoms with Gasteiger partial charge in [-0.15, -0.1) is 0 Å². The summed E-state index contributed by atoms with van der Waals surface area (Å²) in [5, 5.41) is 0. The van der Waals surface area contributed by atoms with Crippen LogP contribution in [0.5, 0.6) is 0 Å². The molecule has 0 aromatic rings. The van der Waals surface area contributed by atoms with Crippen LogP contribution in [0.15, 0.2) is 109 Å². The minimum atomic E-state index is -0.862. The van der Waals surface area contributed by atoms with Gasteiger partial charge in [-0.05, 0) is 70.6 Å². The molecule has 0 saturated heterocycles. The van der Waals surface area contributed by atoms with E-state index in [2.05, 4.69) is 106 Å². The number of hydrogen-bond donors (Lipinski definition) is 0. The van der Waals surface area contributed by atoms with Gasteiger partial charge in [-0.2, -0.15) is 0 Å². The van der Waals surface area contributed by atoms with Crippen molar-refractivity contribution in [2.45, 2.75) is 284 Å². The van der Waals surface area contributed by atoms with Gasteiger partial charge in [-0.3, -0.25) is 14.4 Å². The third kappa shape index (κ3) is 58.8. The highest BCUT2D eigenvalue weighted by atomic mass is 16.6. The number of hydrogen-bond acceptors (Lipinski definition) is 6. The molecule has 6 heteroatoms. The van der Waals surface area contributed by atoms with Gasteiger partial charge < -0.3 is 14.2 Å². The number of carbonyl (C=O) groups is 3. The molecule has 6 nitrogen and oxygen atoms in total. The van der Waals surface area contributed by atoms with Crippen molar-refractivity contribution >= 4 is 17.9 Å². The summed E-state index contributed by atoms with van der Waals surface area (Å²) in [7, 11) is 0. The number of ether oxygens (including phenoxy) is 3. The summed E-state index contributed by atoms with van der Waals surface area (Å²) in [5.41, 5.74) is 0. The van der Waals surface area contributed by atoms with Gasteiger partial charge in [0.25, 0.3) is 0 Å². The Kier molecular flexibility index (Phi) is 57.4. The van der Waals surface area contributed by atoms with E-state index in [1.54, 1.807) is 6.08 Å². The van der Waals surface area contributed by atoms with Gasteiger partial charge in [-0.25, -0.2) is 0 Å². The summed E-state index contributed by atoms with van der Waals surface area (Å²) >= 11 is 0. The first-order chi connectivity index (χ1) is 36.0. The highest BCUT2D eigenvalue weighted by Gasteiger charge is 2.19. The zero-order chi connectivity index (χ0) is 52.9. The first kappa shape index (κ1) is 69.1. The van der Waals surface area contributed by atoms with Crippen molar-refractivity contribution in [1.82, 2.24) is 0 Å². The Balaban J connectivity index is 4.33. The lowest BCUT2D eigenvalue weighted by molar-refractivity contribution is -0.166. The molecular weight excluding hydrogens is 901 g/mol. The molecule has 1 atom stereocenters. The highest BCUT2D eigenvalue weighted by Crippen LogP contribution is 2.17. The second-order valence-electron chi connectivity index (χ2n) is 19.9. The van der Waals surface area contributed by atoms with Crippen molar-refractivity contribution in [2.75, 3.05) is 13.2 Å². The van der Waals surface area contributed by atoms with Crippen molar-refractivity contribution in [3.8, 4) is 0 Å². The number of esters is 3. The van der Waals surface area contributed by atoms with Crippen molar-refractivity contribution in [2.24, 2.45) is 0 Å². The SMILES string of the molecule is CC/C=C\C/C=C\C/C=C\C/C=C\C/C=C\CC(=O)OC(COC(=O)CC/C=C\C/C=C\C/C=C\C/C=C\CC)COC(=O)CCCCCCCCCCCCCCCCCCCCCCCCCCCCC. The minimum Gasteiger partial charge on any atom is -0.462 e. The molecule has 1 unspecified atom stereocenters. The molecule has 0 fully saturated rings. The molecule has 0 radical (unpaired) electrons. The molecule has 0 spiro atoms. The average molecular weight is 1010 g/mol. The van der Waals surface area contributed by atoms with E-state index in [0.717, 1.165) is 70.6 Å². The molecular formula is C67H112O6. The van der Waals surface area contributed by atoms with Gasteiger partial charge in [0.1, 0.15) is 13.2 Å². The van der Waals surface area contributed by atoms with Crippen LogP contribution in [0.1, 0.15) is 278 Å². The fourth-order valence-corrected chi connectivity index (χ4v) is 8.36. The van der Waals surface area contributed by atoms with Gasteiger partial charge in [-0.1, -0.05) is 297 Å². The summed E-state index contributed by atoms with van der Waals surface area (Å²) in [6.07, 6.45) is 83.0. The fraction of sp³-hybridized carbons (Fsp3) is 0.687. The van der Waals surface area contributed by atoms with E-state index in [4.69, 9.17) is 14.2 Å². The largest absolute Gasteiger partial charge is 0.462 e. The lowest BCUT2D eigenvalue weighted by Crippen LogP contribution is -2.30. The van der Waals surface area contributed by atoms with Crippen LogP contribution < -0.4 is 0 Å². The number of rotatable bonds is 54. The monoisotopic (exact) mass is 1010 g/mol. The zero-order valence-corrected chi connectivity index (χ0v) is 47.6. The summed E-state index contributed by atoms with van der Waals surface area (Å²) in [5.74, 6) is -1.15. The van der Waals surface area contributed by atoms with Crippen LogP contribution in [0.2, 0.25) is 0 Å². The lowest BCUT2D eigenvalue weighted by Gasteiger charge is -2.18. The van der Waals surface area contributed by atoms with Crippen LogP contribution in [0.25, 0.3) is 0 Å². The number of allylic oxidation sites excluding steroid dienone is 17. The molecule has 0 N–H and O–H groups in total. The summed E-state index contributed by atoms with van der Waals surface area (Å²) in [6, 6.07) is 0. The van der Waals surface area contributed by atoms with E-state index in [1.807, 2.05) is 18.2 Å². The Morgan fingerprint density at radius 3 is 0.904 bits per heavy atom. The van der Waals surface area contributed by atoms with Crippen molar-refractivity contribution < 1.29 is 28.6 Å². The molecule has 0 amide bonds. The third-order valence-corrected chi connectivity index (χ3v) is 12.8. The van der Waals surface area contributed by atoms with Crippen LogP contribution >= 0.6 is 0 Å². The van der Waals surface area contributed by atoms with Crippen molar-refractivity contribution in [1.29, 1.82) is 0 Å². The Morgan fingerprint density at radius 1 is 0.301 bits per heavy atom. The number of carbonyl (C=O) groups excluding carboxylic acids is 3. The van der Waals surface area contributed by atoms with Gasteiger partial charge in [0.2, 0.25) is 0 Å². The molecule has 416 valence electrons. The third-order valence-electron chi connectivity index (χ3n) is 12.8. The topological polar surface area (TPSA) is 78.9 Å². The van der Waals surface area contributed by atoms with Crippen molar-refractivity contribution in [3.05, 3.63) is 109 Å². The maximum Gasteiger partial charge on any atom is 0.310 e. The highest BCUT2D eigenvalue weighted by molar-refractivity contribution is 5.72. The van der Waals surface area contributed by atoms with E-state index < -0.39 is 12.1 Å². The van der Waals surface area contributed by atoms with E-state index in [0.29, 0.717) is 19.3 Å². The second-order valence-corrected chi connectivity index (χ2v) is 19.9. The molecule has 0 aliphatic carbocycles. The van der Waals surface area contributed by atoms with E-state index >= 15 is 0 Å². The van der Waals surface area contributed by atoms with Gasteiger partial charge >= 0.3 is 17.9 Å². The van der Waals surface area contributed by atoms with Crippen molar-refractivity contribution in [3.63, 3.8) is 0 Å². The predicted molar refractivity (Wildman–Crippen MR) is 316 cm³/mol. The smallest absolute Gasteiger partial charge is 0.310 e. The molecule has 0 aromatic carbocycles. The van der Waals surface area contributed by atoms with Gasteiger partial charge in [0, 0.05) is 12.8 Å². The fourth-order valence-electron chi connectivity index (χ4n) is 8.36. The molecule has 0 saturated carbocycles. The first-order valence-corrected chi connectivity index (χ1v) is 30.4. The van der Waals surface area contributed by atoms with E-state index in [1.165, 1.54) is 154 Å². The Bertz CT molecular complexity index is 1490. The van der Waals surface area contributed by atoms with Crippen LogP contribution in [0.3, 0.4) is 0 Å². The van der Waals surface area contributed by atoms with E-state index in [9.17, 15) is 14.4 Å². The first-order valence-electron chi connectivity index (χ1n) is 30.4. The summed E-state index contributed by atoms with van der Waals surface area (Å²) in [4.78, 5) is 38.0. The Labute approximate surface area is 450 Å². The normalized spacial score (nSPS) is 12.9. The van der Waals surface area contributed by atoms with Gasteiger partial charge in [0.15, 0.2) is 6.10 Å². The van der Waals surface area contributed by atoms with E-state index in [-0.39, 0.29) is 38.0 Å². The molecule has 0 aliphatic heterocycles. The standard InChI is InChI=1S/C67H112O6/c1-4-7-10-13-16-19-22-25-27-28-29-30-31-32-33-34-35-36-37-38-40-42-45-48-51-54-57-60-66(69)72-63-64(62-71-65(68)59-56-53-50-47-44-41-24-21-18-15-12-9-6-3)73-67(70)61-58-55-52-49-46-43-39-26-23-20-17-14-11-8-5-2/h8-9,11-12,17-18,20-21,26,39,41,44,46,49-50,53,55,58,64H,4-7,10,13-16,19,22-25,27-38,40,42-43,45,47-48,51-52,54,56-57,59-63H2,1-3H3/b11-8-,12-9-,20-17-,21-18-,39-26-,44-41-,49-46-,53-50-,58-55-. The molecule has 0 aromatic heterocycles. The molecule has 0 rings (SSSR count). The quantitative estimate of drug-likeness (QED) is 0.0261. The summed E-state index contributed by atoms with van der Waals surface area (Å²) in [6.45, 7) is 6.28. The lowest BCUT2D eigenvalue weighted by atomic mass is 10.0. The Morgan fingerprint density at radius 2 is 0.575 bits per heavy atom. The maximum absolute atomic E-state index is 12.8. The predicted octanol–water partition coefficient (Wildman–Crippen LogP) is 20.7. The molecule has 73 heavy (non-hydrogen) atoms. The Hall–Kier alpha value is -3.93. The average Bonchev–Trinajstić information content (AvgIpc) is 3.39. The summed E-state index contributed by atoms with van der Waals surface area (Å²) < 4.78 is 16.7. The molecule has 0 aliphatic rings. The molecule has 0 heterocycles. The van der Waals surface area contributed by atoms with Crippen LogP contribution in [0, 0.1) is 0 Å².